The second-order valence-electron chi connectivity index (χ2n) is 5.30. The van der Waals surface area contributed by atoms with Gasteiger partial charge in [0.25, 0.3) is 0 Å². The Morgan fingerprint density at radius 3 is 2.68 bits per heavy atom. The van der Waals surface area contributed by atoms with E-state index >= 15 is 0 Å². The SMILES string of the molecule is CCc1ccccc1C(Cl)c1ccc2c(c1)CCC2. The number of alkyl halides is 1. The molecule has 1 aliphatic carbocycles. The zero-order chi connectivity index (χ0) is 13.2. The topological polar surface area (TPSA) is 0 Å². The van der Waals surface area contributed by atoms with Crippen LogP contribution in [-0.2, 0) is 19.3 Å². The van der Waals surface area contributed by atoms with Crippen LogP contribution in [0.25, 0.3) is 0 Å². The summed E-state index contributed by atoms with van der Waals surface area (Å²) in [7, 11) is 0. The van der Waals surface area contributed by atoms with Crippen LogP contribution in [0.5, 0.6) is 0 Å². The molecule has 0 N–H and O–H groups in total. The lowest BCUT2D eigenvalue weighted by molar-refractivity contribution is 0.911. The van der Waals surface area contributed by atoms with Gasteiger partial charge in [0, 0.05) is 0 Å². The maximum Gasteiger partial charge on any atom is 0.0838 e. The number of rotatable bonds is 3. The van der Waals surface area contributed by atoms with Gasteiger partial charge >= 0.3 is 0 Å². The van der Waals surface area contributed by atoms with Crippen LogP contribution >= 0.6 is 11.6 Å². The molecule has 98 valence electrons. The number of benzene rings is 2. The Morgan fingerprint density at radius 2 is 1.84 bits per heavy atom. The molecule has 0 aliphatic heterocycles. The van der Waals surface area contributed by atoms with Gasteiger partial charge in [-0.1, -0.05) is 49.4 Å². The van der Waals surface area contributed by atoms with E-state index in [-0.39, 0.29) is 5.38 Å². The van der Waals surface area contributed by atoms with Gasteiger partial charge in [0.2, 0.25) is 0 Å². The van der Waals surface area contributed by atoms with Gasteiger partial charge in [-0.25, -0.2) is 0 Å². The predicted octanol–water partition coefficient (Wildman–Crippen LogP) is 5.07. The predicted molar refractivity (Wildman–Crippen MR) is 82.0 cm³/mol. The van der Waals surface area contributed by atoms with Crippen LogP contribution in [0.1, 0.15) is 46.5 Å². The average molecular weight is 271 g/mol. The maximum absolute atomic E-state index is 6.72. The molecule has 0 heterocycles. The van der Waals surface area contributed by atoms with Crippen molar-refractivity contribution < 1.29 is 0 Å². The Labute approximate surface area is 120 Å². The molecule has 0 bridgehead atoms. The number of fused-ring (bicyclic) bond motifs is 1. The maximum atomic E-state index is 6.72. The second kappa shape index (κ2) is 5.38. The van der Waals surface area contributed by atoms with Crippen LogP contribution in [-0.4, -0.2) is 0 Å². The first-order valence-corrected chi connectivity index (χ1v) is 7.57. The molecule has 2 aromatic rings. The van der Waals surface area contributed by atoms with E-state index in [9.17, 15) is 0 Å². The van der Waals surface area contributed by atoms with E-state index in [0.717, 1.165) is 6.42 Å². The molecule has 0 saturated carbocycles. The molecule has 3 rings (SSSR count). The monoisotopic (exact) mass is 270 g/mol. The highest BCUT2D eigenvalue weighted by atomic mass is 35.5. The van der Waals surface area contributed by atoms with Gasteiger partial charge in [0.1, 0.15) is 0 Å². The van der Waals surface area contributed by atoms with Crippen molar-refractivity contribution in [1.82, 2.24) is 0 Å². The third-order valence-corrected chi connectivity index (χ3v) is 4.61. The molecule has 0 aromatic heterocycles. The van der Waals surface area contributed by atoms with Crippen molar-refractivity contribution in [2.75, 3.05) is 0 Å². The smallest absolute Gasteiger partial charge is 0.0838 e. The number of hydrogen-bond donors (Lipinski definition) is 0. The van der Waals surface area contributed by atoms with E-state index in [1.165, 1.54) is 47.1 Å². The Morgan fingerprint density at radius 1 is 1.05 bits per heavy atom. The lowest BCUT2D eigenvalue weighted by Crippen LogP contribution is -1.99. The molecular weight excluding hydrogens is 252 g/mol. The van der Waals surface area contributed by atoms with Gasteiger partial charge in [-0.15, -0.1) is 11.6 Å². The summed E-state index contributed by atoms with van der Waals surface area (Å²) in [6, 6.07) is 15.3. The molecule has 0 radical (unpaired) electrons. The number of hydrogen-bond acceptors (Lipinski definition) is 0. The van der Waals surface area contributed by atoms with Crippen molar-refractivity contribution in [2.24, 2.45) is 0 Å². The third-order valence-electron chi connectivity index (χ3n) is 4.12. The summed E-state index contributed by atoms with van der Waals surface area (Å²) in [5.41, 5.74) is 6.85. The van der Waals surface area contributed by atoms with E-state index in [2.05, 4.69) is 49.4 Å². The lowest BCUT2D eigenvalue weighted by atomic mass is 9.96. The normalized spacial score (nSPS) is 15.3. The summed E-state index contributed by atoms with van der Waals surface area (Å²) in [5.74, 6) is 0. The van der Waals surface area contributed by atoms with Crippen molar-refractivity contribution in [3.05, 3.63) is 70.3 Å². The Kier molecular flexibility index (Phi) is 3.61. The van der Waals surface area contributed by atoms with Crippen molar-refractivity contribution in [1.29, 1.82) is 0 Å². The van der Waals surface area contributed by atoms with E-state index in [1.807, 2.05) is 0 Å². The zero-order valence-electron chi connectivity index (χ0n) is 11.3. The molecular formula is C18H19Cl. The minimum Gasteiger partial charge on any atom is -0.113 e. The van der Waals surface area contributed by atoms with E-state index in [1.54, 1.807) is 0 Å². The van der Waals surface area contributed by atoms with Crippen LogP contribution in [0.4, 0.5) is 0 Å². The van der Waals surface area contributed by atoms with Crippen molar-refractivity contribution >= 4 is 11.6 Å². The van der Waals surface area contributed by atoms with Gasteiger partial charge in [-0.05, 0) is 53.5 Å². The summed E-state index contributed by atoms with van der Waals surface area (Å²) in [6.07, 6.45) is 4.76. The molecule has 1 unspecified atom stereocenters. The molecule has 0 amide bonds. The van der Waals surface area contributed by atoms with Gasteiger partial charge in [-0.2, -0.15) is 0 Å². The Bertz CT molecular complexity index is 586. The molecule has 2 aromatic carbocycles. The Balaban J connectivity index is 1.97. The van der Waals surface area contributed by atoms with Crippen LogP contribution in [0.2, 0.25) is 0 Å². The molecule has 0 saturated heterocycles. The largest absolute Gasteiger partial charge is 0.113 e. The molecule has 1 aliphatic rings. The van der Waals surface area contributed by atoms with Gasteiger partial charge in [-0.3, -0.25) is 0 Å². The van der Waals surface area contributed by atoms with E-state index in [0.29, 0.717) is 0 Å². The summed E-state index contributed by atoms with van der Waals surface area (Å²) < 4.78 is 0. The minimum absolute atomic E-state index is 0.0259. The molecule has 1 atom stereocenters. The van der Waals surface area contributed by atoms with Crippen LogP contribution in [0.3, 0.4) is 0 Å². The van der Waals surface area contributed by atoms with Crippen molar-refractivity contribution in [3.8, 4) is 0 Å². The fourth-order valence-corrected chi connectivity index (χ4v) is 3.38. The lowest BCUT2D eigenvalue weighted by Gasteiger charge is -2.15. The van der Waals surface area contributed by atoms with Gasteiger partial charge in [0.15, 0.2) is 0 Å². The van der Waals surface area contributed by atoms with Gasteiger partial charge < -0.3 is 0 Å². The van der Waals surface area contributed by atoms with Crippen LogP contribution in [0.15, 0.2) is 42.5 Å². The molecule has 19 heavy (non-hydrogen) atoms. The summed E-state index contributed by atoms with van der Waals surface area (Å²) in [4.78, 5) is 0. The van der Waals surface area contributed by atoms with Crippen LogP contribution in [0, 0.1) is 0 Å². The summed E-state index contributed by atoms with van der Waals surface area (Å²) in [6.45, 7) is 2.19. The quantitative estimate of drug-likeness (QED) is 0.684. The minimum atomic E-state index is -0.0259. The zero-order valence-corrected chi connectivity index (χ0v) is 12.1. The van der Waals surface area contributed by atoms with Crippen molar-refractivity contribution in [2.45, 2.75) is 38.0 Å². The average Bonchev–Trinajstić information content (AvgIpc) is 2.93. The standard InChI is InChI=1S/C18H19Cl/c1-2-13-6-3-4-9-17(13)18(19)16-11-10-14-7-5-8-15(14)12-16/h3-4,6,9-12,18H,2,5,7-8H2,1H3. The summed E-state index contributed by atoms with van der Waals surface area (Å²) >= 11 is 6.72. The number of halogens is 1. The van der Waals surface area contributed by atoms with E-state index in [4.69, 9.17) is 11.6 Å². The first kappa shape index (κ1) is 12.7. The highest BCUT2D eigenvalue weighted by Crippen LogP contribution is 2.34. The number of aryl methyl sites for hydroxylation is 3. The summed E-state index contributed by atoms with van der Waals surface area (Å²) in [5, 5.41) is -0.0259. The third kappa shape index (κ3) is 2.42. The van der Waals surface area contributed by atoms with Gasteiger partial charge in [0.05, 0.1) is 5.38 Å². The first-order chi connectivity index (χ1) is 9.29. The first-order valence-electron chi connectivity index (χ1n) is 7.13. The molecule has 0 fully saturated rings. The van der Waals surface area contributed by atoms with Crippen molar-refractivity contribution in [3.63, 3.8) is 0 Å². The highest BCUT2D eigenvalue weighted by molar-refractivity contribution is 6.22. The van der Waals surface area contributed by atoms with E-state index < -0.39 is 0 Å². The highest BCUT2D eigenvalue weighted by Gasteiger charge is 2.17. The fourth-order valence-electron chi connectivity index (χ4n) is 3.03. The molecule has 0 nitrogen and oxygen atoms in total. The fraction of sp³-hybridized carbons (Fsp3) is 0.333. The molecule has 1 heteroatoms. The molecule has 0 spiro atoms. The second-order valence-corrected chi connectivity index (χ2v) is 5.73. The Hall–Kier alpha value is -1.27. The van der Waals surface area contributed by atoms with Crippen LogP contribution < -0.4 is 0 Å².